The summed E-state index contributed by atoms with van der Waals surface area (Å²) in [4.78, 5) is 15.4. The monoisotopic (exact) mass is 392 g/mol. The number of amides is 1. The predicted octanol–water partition coefficient (Wildman–Crippen LogP) is 2.36. The second-order valence-electron chi connectivity index (χ2n) is 6.65. The highest BCUT2D eigenvalue weighted by molar-refractivity contribution is 5.84. The molecule has 28 heavy (non-hydrogen) atoms. The van der Waals surface area contributed by atoms with Gasteiger partial charge in [0, 0.05) is 52.3 Å². The van der Waals surface area contributed by atoms with Crippen LogP contribution in [0.25, 0.3) is 0 Å². The summed E-state index contributed by atoms with van der Waals surface area (Å²) in [5, 5.41) is 9.19. The Bertz CT molecular complexity index is 601. The van der Waals surface area contributed by atoms with E-state index in [0.717, 1.165) is 63.8 Å². The standard InChI is InChI=1S/C20H32N4O4/c1-21-19(22-10-3-11-28-15-17-8-12-27-13-9-17)23-14-16-4-6-18(7-5-16)24-20(25)26-2/h4-7,17H,3,8-15H2,1-2H3,(H,24,25)(H2,21,22,23). The molecular weight excluding hydrogens is 360 g/mol. The molecule has 1 saturated heterocycles. The Morgan fingerprint density at radius 1 is 1.21 bits per heavy atom. The van der Waals surface area contributed by atoms with Gasteiger partial charge in [-0.3, -0.25) is 10.3 Å². The molecule has 0 bridgehead atoms. The first kappa shape index (κ1) is 22.0. The molecular formula is C20H32N4O4. The van der Waals surface area contributed by atoms with Crippen LogP contribution in [-0.2, 0) is 20.8 Å². The van der Waals surface area contributed by atoms with Crippen LogP contribution in [0.3, 0.4) is 0 Å². The number of anilines is 1. The highest BCUT2D eigenvalue weighted by Gasteiger charge is 2.13. The second-order valence-corrected chi connectivity index (χ2v) is 6.65. The van der Waals surface area contributed by atoms with Crippen molar-refractivity contribution in [2.75, 3.05) is 52.4 Å². The van der Waals surface area contributed by atoms with Crippen LogP contribution in [0.5, 0.6) is 0 Å². The van der Waals surface area contributed by atoms with E-state index in [1.165, 1.54) is 7.11 Å². The molecule has 1 amide bonds. The third kappa shape index (κ3) is 8.58. The SMILES string of the molecule is CN=C(NCCCOCC1CCOCC1)NCc1ccc(NC(=O)OC)cc1. The molecule has 0 atom stereocenters. The van der Waals surface area contributed by atoms with Crippen LogP contribution < -0.4 is 16.0 Å². The van der Waals surface area contributed by atoms with Gasteiger partial charge in [0.05, 0.1) is 7.11 Å². The van der Waals surface area contributed by atoms with Crippen LogP contribution in [-0.4, -0.2) is 59.2 Å². The molecule has 1 aliphatic heterocycles. The fraction of sp³-hybridized carbons (Fsp3) is 0.600. The van der Waals surface area contributed by atoms with Crippen LogP contribution in [0, 0.1) is 5.92 Å². The molecule has 8 nitrogen and oxygen atoms in total. The Morgan fingerprint density at radius 3 is 2.64 bits per heavy atom. The molecule has 3 N–H and O–H groups in total. The van der Waals surface area contributed by atoms with Crippen molar-refractivity contribution in [1.29, 1.82) is 0 Å². The van der Waals surface area contributed by atoms with Crippen molar-refractivity contribution in [3.63, 3.8) is 0 Å². The fourth-order valence-electron chi connectivity index (χ4n) is 2.83. The number of benzene rings is 1. The van der Waals surface area contributed by atoms with Crippen LogP contribution in [0.15, 0.2) is 29.3 Å². The van der Waals surface area contributed by atoms with Gasteiger partial charge >= 0.3 is 6.09 Å². The Hall–Kier alpha value is -2.32. The normalized spacial score (nSPS) is 15.1. The molecule has 1 heterocycles. The number of aliphatic imine (C=N–C) groups is 1. The van der Waals surface area contributed by atoms with E-state index in [1.54, 1.807) is 7.05 Å². The summed E-state index contributed by atoms with van der Waals surface area (Å²) >= 11 is 0. The van der Waals surface area contributed by atoms with Gasteiger partial charge in [0.15, 0.2) is 5.96 Å². The van der Waals surface area contributed by atoms with Crippen molar-refractivity contribution in [3.8, 4) is 0 Å². The maximum atomic E-state index is 11.2. The maximum absolute atomic E-state index is 11.2. The average Bonchev–Trinajstić information content (AvgIpc) is 2.74. The molecule has 0 unspecified atom stereocenters. The minimum absolute atomic E-state index is 0.479. The van der Waals surface area contributed by atoms with E-state index in [-0.39, 0.29) is 0 Å². The lowest BCUT2D eigenvalue weighted by Gasteiger charge is -2.21. The maximum Gasteiger partial charge on any atom is 0.411 e. The number of carbonyl (C=O) groups excluding carboxylic acids is 1. The predicted molar refractivity (Wildman–Crippen MR) is 110 cm³/mol. The van der Waals surface area contributed by atoms with Crippen molar-refractivity contribution >= 4 is 17.7 Å². The van der Waals surface area contributed by atoms with Gasteiger partial charge in [0.2, 0.25) is 0 Å². The Balaban J connectivity index is 1.57. The van der Waals surface area contributed by atoms with Crippen LogP contribution in [0.1, 0.15) is 24.8 Å². The summed E-state index contributed by atoms with van der Waals surface area (Å²) in [6.07, 6.45) is 2.66. The number of ether oxygens (including phenoxy) is 3. The number of methoxy groups -OCH3 is 1. The minimum atomic E-state index is -0.479. The average molecular weight is 393 g/mol. The Labute approximate surface area is 167 Å². The lowest BCUT2D eigenvalue weighted by atomic mass is 10.0. The van der Waals surface area contributed by atoms with Gasteiger partial charge in [0.1, 0.15) is 0 Å². The van der Waals surface area contributed by atoms with E-state index >= 15 is 0 Å². The molecule has 1 fully saturated rings. The first-order valence-electron chi connectivity index (χ1n) is 9.75. The number of carbonyl (C=O) groups is 1. The molecule has 0 saturated carbocycles. The molecule has 1 aromatic rings. The number of hydrogen-bond acceptors (Lipinski definition) is 5. The van der Waals surface area contributed by atoms with E-state index < -0.39 is 6.09 Å². The van der Waals surface area contributed by atoms with E-state index in [4.69, 9.17) is 9.47 Å². The van der Waals surface area contributed by atoms with Crippen LogP contribution >= 0.6 is 0 Å². The highest BCUT2D eigenvalue weighted by Crippen LogP contribution is 2.14. The molecule has 8 heteroatoms. The number of nitrogens with one attached hydrogen (secondary N) is 3. The quantitative estimate of drug-likeness (QED) is 0.339. The van der Waals surface area contributed by atoms with Crippen molar-refractivity contribution in [2.45, 2.75) is 25.8 Å². The lowest BCUT2D eigenvalue weighted by molar-refractivity contribution is 0.0203. The first-order valence-corrected chi connectivity index (χ1v) is 9.75. The van der Waals surface area contributed by atoms with Crippen molar-refractivity contribution in [3.05, 3.63) is 29.8 Å². The first-order chi connectivity index (χ1) is 13.7. The largest absolute Gasteiger partial charge is 0.453 e. The van der Waals surface area contributed by atoms with Gasteiger partial charge in [0.25, 0.3) is 0 Å². The van der Waals surface area contributed by atoms with Crippen LogP contribution in [0.4, 0.5) is 10.5 Å². The van der Waals surface area contributed by atoms with Crippen molar-refractivity contribution in [1.82, 2.24) is 10.6 Å². The zero-order valence-corrected chi connectivity index (χ0v) is 16.8. The fourth-order valence-corrected chi connectivity index (χ4v) is 2.83. The molecule has 0 aliphatic carbocycles. The molecule has 1 aromatic carbocycles. The van der Waals surface area contributed by atoms with E-state index in [1.807, 2.05) is 24.3 Å². The summed E-state index contributed by atoms with van der Waals surface area (Å²) in [5.74, 6) is 1.39. The van der Waals surface area contributed by atoms with Gasteiger partial charge in [-0.15, -0.1) is 0 Å². The lowest BCUT2D eigenvalue weighted by Crippen LogP contribution is -2.37. The Kier molecular flexibility index (Phi) is 10.2. The van der Waals surface area contributed by atoms with Gasteiger partial charge in [-0.25, -0.2) is 4.79 Å². The topological polar surface area (TPSA) is 93.2 Å². The number of guanidine groups is 1. The van der Waals surface area contributed by atoms with E-state index in [9.17, 15) is 4.79 Å². The molecule has 0 radical (unpaired) electrons. The Morgan fingerprint density at radius 2 is 1.96 bits per heavy atom. The third-order valence-corrected chi connectivity index (χ3v) is 4.52. The van der Waals surface area contributed by atoms with Gasteiger partial charge < -0.3 is 24.8 Å². The highest BCUT2D eigenvalue weighted by atomic mass is 16.5. The van der Waals surface area contributed by atoms with E-state index in [0.29, 0.717) is 18.2 Å². The molecule has 1 aliphatic rings. The summed E-state index contributed by atoms with van der Waals surface area (Å²) in [6, 6.07) is 7.55. The van der Waals surface area contributed by atoms with Crippen molar-refractivity contribution in [2.24, 2.45) is 10.9 Å². The van der Waals surface area contributed by atoms with Crippen LogP contribution in [0.2, 0.25) is 0 Å². The summed E-state index contributed by atoms with van der Waals surface area (Å²) < 4.78 is 15.7. The molecule has 156 valence electrons. The smallest absolute Gasteiger partial charge is 0.411 e. The number of hydrogen-bond donors (Lipinski definition) is 3. The molecule has 0 aromatic heterocycles. The second kappa shape index (κ2) is 13.0. The molecule has 0 spiro atoms. The summed E-state index contributed by atoms with van der Waals surface area (Å²) in [6.45, 7) is 4.74. The number of nitrogens with zero attached hydrogens (tertiary/aromatic N) is 1. The third-order valence-electron chi connectivity index (χ3n) is 4.52. The summed E-state index contributed by atoms with van der Waals surface area (Å²) in [7, 11) is 3.09. The zero-order valence-electron chi connectivity index (χ0n) is 16.8. The summed E-state index contributed by atoms with van der Waals surface area (Å²) in [5.41, 5.74) is 1.78. The van der Waals surface area contributed by atoms with Gasteiger partial charge in [-0.1, -0.05) is 12.1 Å². The van der Waals surface area contributed by atoms with Gasteiger partial charge in [-0.2, -0.15) is 0 Å². The number of rotatable bonds is 9. The van der Waals surface area contributed by atoms with Crippen molar-refractivity contribution < 1.29 is 19.0 Å². The molecule has 2 rings (SSSR count). The zero-order chi connectivity index (χ0) is 20.0. The minimum Gasteiger partial charge on any atom is -0.453 e. The van der Waals surface area contributed by atoms with Gasteiger partial charge in [-0.05, 0) is 42.9 Å². The van der Waals surface area contributed by atoms with E-state index in [2.05, 4.69) is 25.7 Å².